The van der Waals surface area contributed by atoms with Gasteiger partial charge in [-0.3, -0.25) is 37.3 Å². The molecule has 582 valence electrons. The number of hydrogen-bond acceptors (Lipinski definition) is 15. The van der Waals surface area contributed by atoms with E-state index in [1.807, 2.05) is 0 Å². The number of aliphatic hydroxyl groups is 1. The Morgan fingerprint density at radius 2 is 0.469 bits per heavy atom. The molecule has 19 heteroatoms. The molecule has 0 saturated heterocycles. The first-order valence-electron chi connectivity index (χ1n) is 41.0. The molecule has 98 heavy (non-hydrogen) atoms. The smallest absolute Gasteiger partial charge is 0.462 e. The highest BCUT2D eigenvalue weighted by Gasteiger charge is 2.30. The van der Waals surface area contributed by atoms with E-state index in [1.165, 1.54) is 225 Å². The number of carbonyl (C=O) groups is 4. The summed E-state index contributed by atoms with van der Waals surface area (Å²) in [4.78, 5) is 72.9. The van der Waals surface area contributed by atoms with Crippen LogP contribution in [0.1, 0.15) is 414 Å². The summed E-state index contributed by atoms with van der Waals surface area (Å²) in [5.74, 6) is -0.637. The van der Waals surface area contributed by atoms with Gasteiger partial charge in [-0.05, 0) is 37.5 Å². The first-order valence-corrected chi connectivity index (χ1v) is 44.0. The molecule has 0 fully saturated rings. The molecule has 0 aromatic rings. The number of phosphoric acid groups is 2. The first-order chi connectivity index (χ1) is 47.4. The summed E-state index contributed by atoms with van der Waals surface area (Å²) in [7, 11) is -9.91. The minimum absolute atomic E-state index is 0.107. The number of phosphoric ester groups is 2. The Kier molecular flexibility index (Phi) is 69.3. The zero-order valence-electron chi connectivity index (χ0n) is 64.1. The number of aliphatic hydroxyl groups excluding tert-OH is 1. The van der Waals surface area contributed by atoms with Crippen molar-refractivity contribution in [2.75, 3.05) is 39.6 Å². The summed E-state index contributed by atoms with van der Waals surface area (Å²) in [5, 5.41) is 10.6. The molecule has 3 N–H and O–H groups in total. The van der Waals surface area contributed by atoms with Crippen molar-refractivity contribution in [3.05, 3.63) is 0 Å². The van der Waals surface area contributed by atoms with E-state index >= 15 is 0 Å². The zero-order chi connectivity index (χ0) is 72.1. The van der Waals surface area contributed by atoms with E-state index in [4.69, 9.17) is 37.0 Å². The van der Waals surface area contributed by atoms with Gasteiger partial charge in [0.05, 0.1) is 26.4 Å². The van der Waals surface area contributed by atoms with Gasteiger partial charge in [0.1, 0.15) is 19.3 Å². The van der Waals surface area contributed by atoms with Gasteiger partial charge in [-0.15, -0.1) is 0 Å². The van der Waals surface area contributed by atoms with E-state index in [9.17, 15) is 43.2 Å². The molecule has 0 spiro atoms. The fourth-order valence-corrected chi connectivity index (χ4v) is 13.8. The van der Waals surface area contributed by atoms with Gasteiger partial charge >= 0.3 is 39.5 Å². The van der Waals surface area contributed by atoms with Gasteiger partial charge in [-0.2, -0.15) is 0 Å². The summed E-state index contributed by atoms with van der Waals surface area (Å²) in [6.45, 7) is 9.56. The third-order valence-corrected chi connectivity index (χ3v) is 20.4. The standard InChI is InChI=1S/C79H154O17P2/c1-7-9-11-13-15-17-19-21-22-23-24-25-26-27-28-29-30-34-39-45-52-58-64-79(84)95-74(67-89-76(81)61-55-49-43-37-35-31-32-36-41-47-53-59-71(3)4)69-93-97(85,86)91-65-73(80)66-92-98(87,88)94-70-75(68-90-77(82)62-56-50-46-40-42-48-54-60-72(5)6)96-78(83)63-57-51-44-38-33-20-18-16-14-12-10-8-2/h71-75,80H,7-70H2,1-6H3,(H,85,86)(H,87,88)/t73-,74-,75-/m1/s1. The molecule has 0 rings (SSSR count). The zero-order valence-corrected chi connectivity index (χ0v) is 65.9. The normalized spacial score (nSPS) is 13.9. The van der Waals surface area contributed by atoms with Crippen LogP contribution >= 0.6 is 15.6 Å². The first kappa shape index (κ1) is 96.1. The molecule has 2 unspecified atom stereocenters. The number of hydrogen-bond donors (Lipinski definition) is 3. The van der Waals surface area contributed by atoms with Crippen LogP contribution in [0, 0.1) is 11.8 Å². The van der Waals surface area contributed by atoms with Gasteiger partial charge in [0.25, 0.3) is 0 Å². The molecular weight excluding hydrogens is 1280 g/mol. The third kappa shape index (κ3) is 72.4. The fourth-order valence-electron chi connectivity index (χ4n) is 12.2. The predicted molar refractivity (Wildman–Crippen MR) is 400 cm³/mol. The van der Waals surface area contributed by atoms with Gasteiger partial charge in [0.15, 0.2) is 12.2 Å². The molecule has 0 amide bonds. The van der Waals surface area contributed by atoms with Gasteiger partial charge < -0.3 is 33.8 Å². The average Bonchev–Trinajstić information content (AvgIpc) is 0.951. The third-order valence-electron chi connectivity index (χ3n) is 18.5. The lowest BCUT2D eigenvalue weighted by Gasteiger charge is -2.21. The molecule has 0 saturated carbocycles. The maximum absolute atomic E-state index is 13.1. The van der Waals surface area contributed by atoms with E-state index < -0.39 is 97.5 Å². The quantitative estimate of drug-likeness (QED) is 0.0222. The number of carbonyl (C=O) groups excluding carboxylic acids is 4. The topological polar surface area (TPSA) is 237 Å². The highest BCUT2D eigenvalue weighted by atomic mass is 31.2. The van der Waals surface area contributed by atoms with Crippen molar-refractivity contribution < 1.29 is 80.2 Å². The van der Waals surface area contributed by atoms with Crippen LogP contribution in [0.5, 0.6) is 0 Å². The largest absolute Gasteiger partial charge is 0.472 e. The summed E-state index contributed by atoms with van der Waals surface area (Å²) >= 11 is 0. The molecule has 0 heterocycles. The van der Waals surface area contributed by atoms with Crippen LogP contribution in [-0.4, -0.2) is 96.7 Å². The molecule has 5 atom stereocenters. The van der Waals surface area contributed by atoms with E-state index in [2.05, 4.69) is 41.5 Å². The highest BCUT2D eigenvalue weighted by molar-refractivity contribution is 7.47. The number of unbranched alkanes of at least 4 members (excludes halogenated alkanes) is 48. The molecule has 0 aromatic carbocycles. The Morgan fingerprint density at radius 1 is 0.276 bits per heavy atom. The summed E-state index contributed by atoms with van der Waals surface area (Å²) in [6, 6.07) is 0. The van der Waals surface area contributed by atoms with Crippen molar-refractivity contribution >= 4 is 39.5 Å². The lowest BCUT2D eigenvalue weighted by atomic mass is 10.0. The van der Waals surface area contributed by atoms with Crippen molar-refractivity contribution in [1.29, 1.82) is 0 Å². The number of ether oxygens (including phenoxy) is 4. The van der Waals surface area contributed by atoms with Crippen LogP contribution in [0.25, 0.3) is 0 Å². The van der Waals surface area contributed by atoms with Crippen LogP contribution in [0.3, 0.4) is 0 Å². The minimum atomic E-state index is -4.96. The maximum Gasteiger partial charge on any atom is 0.472 e. The fraction of sp³-hybridized carbons (Fsp3) is 0.949. The molecule has 0 aromatic heterocycles. The lowest BCUT2D eigenvalue weighted by Crippen LogP contribution is -2.30. The molecule has 0 aliphatic rings. The summed E-state index contributed by atoms with van der Waals surface area (Å²) in [6.07, 6.45) is 59.9. The van der Waals surface area contributed by atoms with E-state index in [1.54, 1.807) is 0 Å². The summed E-state index contributed by atoms with van der Waals surface area (Å²) in [5.41, 5.74) is 0. The molecule has 0 aliphatic carbocycles. The van der Waals surface area contributed by atoms with Crippen LogP contribution in [0.15, 0.2) is 0 Å². The van der Waals surface area contributed by atoms with Crippen molar-refractivity contribution in [1.82, 2.24) is 0 Å². The maximum atomic E-state index is 13.1. The average molecular weight is 1440 g/mol. The van der Waals surface area contributed by atoms with Crippen LogP contribution in [-0.2, 0) is 65.4 Å². The Balaban J connectivity index is 5.19. The van der Waals surface area contributed by atoms with Crippen molar-refractivity contribution in [2.45, 2.75) is 432 Å². The second kappa shape index (κ2) is 70.7. The second-order valence-corrected chi connectivity index (χ2v) is 32.3. The van der Waals surface area contributed by atoms with Crippen molar-refractivity contribution in [3.63, 3.8) is 0 Å². The monoisotopic (exact) mass is 1440 g/mol. The molecule has 0 bridgehead atoms. The Bertz CT molecular complexity index is 1890. The molecule has 0 aliphatic heterocycles. The Hall–Kier alpha value is -1.94. The van der Waals surface area contributed by atoms with E-state index in [-0.39, 0.29) is 25.7 Å². The molecule has 0 radical (unpaired) electrons. The van der Waals surface area contributed by atoms with Crippen LogP contribution in [0.2, 0.25) is 0 Å². The van der Waals surface area contributed by atoms with Crippen LogP contribution in [0.4, 0.5) is 0 Å². The number of rotatable bonds is 78. The van der Waals surface area contributed by atoms with Crippen molar-refractivity contribution in [2.24, 2.45) is 11.8 Å². The van der Waals surface area contributed by atoms with Gasteiger partial charge in [0.2, 0.25) is 0 Å². The van der Waals surface area contributed by atoms with Crippen LogP contribution < -0.4 is 0 Å². The minimum Gasteiger partial charge on any atom is -0.462 e. The predicted octanol–water partition coefficient (Wildman–Crippen LogP) is 23.5. The molecule has 17 nitrogen and oxygen atoms in total. The number of esters is 4. The van der Waals surface area contributed by atoms with Gasteiger partial charge in [-0.25, -0.2) is 9.13 Å². The SMILES string of the molecule is CCCCCCCCCCCCCCCCCCCCCCCCC(=O)O[C@H](COC(=O)CCCCCCCCCCCCCC(C)C)COP(=O)(O)OC[C@@H](O)COP(=O)(O)OC[C@@H](COC(=O)CCCCCCCCCC(C)C)OC(=O)CCCCCCCCCCCCCC. The Morgan fingerprint density at radius 3 is 0.694 bits per heavy atom. The lowest BCUT2D eigenvalue weighted by molar-refractivity contribution is -0.161. The second-order valence-electron chi connectivity index (χ2n) is 29.4. The molecular formula is C79H154O17P2. The van der Waals surface area contributed by atoms with E-state index in [0.717, 1.165) is 102 Å². The summed E-state index contributed by atoms with van der Waals surface area (Å²) < 4.78 is 68.6. The Labute approximate surface area is 600 Å². The highest BCUT2D eigenvalue weighted by Crippen LogP contribution is 2.45. The van der Waals surface area contributed by atoms with Crippen molar-refractivity contribution in [3.8, 4) is 0 Å². The van der Waals surface area contributed by atoms with Gasteiger partial charge in [-0.1, -0.05) is 363 Å². The van der Waals surface area contributed by atoms with Gasteiger partial charge in [0, 0.05) is 25.7 Å². The van der Waals surface area contributed by atoms with E-state index in [0.29, 0.717) is 31.6 Å².